The van der Waals surface area contributed by atoms with Gasteiger partial charge in [0, 0.05) is 38.9 Å². The molecular weight excluding hydrogens is 375 g/mol. The second-order valence-electron chi connectivity index (χ2n) is 6.99. The van der Waals surface area contributed by atoms with Crippen LogP contribution in [0, 0.1) is 5.82 Å². The van der Waals surface area contributed by atoms with Crippen LogP contribution in [0.3, 0.4) is 0 Å². The molecule has 0 radical (unpaired) electrons. The lowest BCUT2D eigenvalue weighted by atomic mass is 10.1. The lowest BCUT2D eigenvalue weighted by molar-refractivity contribution is -0.0499. The molecule has 4 rings (SSSR count). The molecule has 0 atom stereocenters. The highest BCUT2D eigenvalue weighted by Gasteiger charge is 2.37. The summed E-state index contributed by atoms with van der Waals surface area (Å²) in [4.78, 5) is 32.0. The molecule has 1 fully saturated rings. The fraction of sp³-hybridized carbons (Fsp3) is 0.421. The Hall–Kier alpha value is -2.84. The summed E-state index contributed by atoms with van der Waals surface area (Å²) in [5.41, 5.74) is 0.404. The molecule has 1 aromatic heterocycles. The Bertz CT molecular complexity index is 918. The predicted molar refractivity (Wildman–Crippen MR) is 91.4 cm³/mol. The van der Waals surface area contributed by atoms with Crippen molar-refractivity contribution < 1.29 is 27.2 Å². The largest absolute Gasteiger partial charge is 0.437 e. The van der Waals surface area contributed by atoms with Crippen molar-refractivity contribution >= 4 is 11.8 Å². The van der Waals surface area contributed by atoms with E-state index in [0.717, 1.165) is 0 Å². The summed E-state index contributed by atoms with van der Waals surface area (Å²) >= 11 is 0. The van der Waals surface area contributed by atoms with E-state index in [2.05, 4.69) is 4.98 Å². The van der Waals surface area contributed by atoms with Crippen molar-refractivity contribution in [2.45, 2.75) is 31.7 Å². The van der Waals surface area contributed by atoms with Gasteiger partial charge in [0.05, 0.1) is 12.1 Å². The van der Waals surface area contributed by atoms with Gasteiger partial charge in [-0.3, -0.25) is 9.59 Å². The van der Waals surface area contributed by atoms with E-state index >= 15 is 0 Å². The van der Waals surface area contributed by atoms with Gasteiger partial charge in [0.2, 0.25) is 0 Å². The number of nitrogens with zero attached hydrogens (tertiary/aromatic N) is 3. The molecule has 1 aromatic carbocycles. The van der Waals surface area contributed by atoms with Crippen LogP contribution >= 0.6 is 0 Å². The van der Waals surface area contributed by atoms with E-state index in [9.17, 15) is 22.8 Å². The molecule has 0 aliphatic carbocycles. The first-order valence-electron chi connectivity index (χ1n) is 9.03. The van der Waals surface area contributed by atoms with Crippen molar-refractivity contribution in [3.05, 3.63) is 53.0 Å². The molecule has 28 heavy (non-hydrogen) atoms. The van der Waals surface area contributed by atoms with Crippen molar-refractivity contribution in [1.82, 2.24) is 14.8 Å². The van der Waals surface area contributed by atoms with Crippen molar-refractivity contribution in [3.63, 3.8) is 0 Å². The number of hydrogen-bond donors (Lipinski definition) is 0. The van der Waals surface area contributed by atoms with Gasteiger partial charge in [-0.1, -0.05) is 12.1 Å². The Labute approximate surface area is 158 Å². The number of alkyl halides is 2. The maximum atomic E-state index is 13.9. The first-order valence-corrected chi connectivity index (χ1v) is 9.03. The average molecular weight is 393 g/mol. The van der Waals surface area contributed by atoms with E-state index in [1.807, 2.05) is 0 Å². The number of fused-ring (bicyclic) bond motifs is 1. The van der Waals surface area contributed by atoms with E-state index in [-0.39, 0.29) is 43.9 Å². The van der Waals surface area contributed by atoms with Gasteiger partial charge in [0.15, 0.2) is 0 Å². The second-order valence-corrected chi connectivity index (χ2v) is 6.99. The van der Waals surface area contributed by atoms with Crippen LogP contribution in [0.4, 0.5) is 13.2 Å². The quantitative estimate of drug-likeness (QED) is 0.787. The molecule has 0 saturated carbocycles. The molecule has 1 saturated heterocycles. The molecule has 0 bridgehead atoms. The number of oxazole rings is 1. The minimum atomic E-state index is -2.75. The van der Waals surface area contributed by atoms with Crippen molar-refractivity contribution in [1.29, 1.82) is 0 Å². The number of carbonyl (C=O) groups excluding carboxylic acids is 2. The summed E-state index contributed by atoms with van der Waals surface area (Å²) in [6.45, 7) is 0.282. The number of halogens is 3. The Balaban J connectivity index is 1.47. The first kappa shape index (κ1) is 18.5. The fourth-order valence-electron chi connectivity index (χ4n) is 3.44. The maximum absolute atomic E-state index is 13.9. The van der Waals surface area contributed by atoms with Crippen LogP contribution < -0.4 is 0 Å². The van der Waals surface area contributed by atoms with Gasteiger partial charge < -0.3 is 14.2 Å². The van der Waals surface area contributed by atoms with Crippen LogP contribution in [-0.2, 0) is 13.0 Å². The predicted octanol–water partition coefficient (Wildman–Crippen LogP) is 2.88. The molecule has 0 unspecified atom stereocenters. The Morgan fingerprint density at radius 3 is 2.46 bits per heavy atom. The molecule has 2 amide bonds. The van der Waals surface area contributed by atoms with Gasteiger partial charge in [0.1, 0.15) is 17.3 Å². The number of rotatable bonds is 2. The molecule has 0 N–H and O–H groups in total. The number of benzene rings is 1. The molecule has 6 nitrogen and oxygen atoms in total. The summed E-state index contributed by atoms with van der Waals surface area (Å²) < 4.78 is 46.0. The summed E-state index contributed by atoms with van der Waals surface area (Å²) in [6.07, 6.45) is -0.429. The smallest absolute Gasteiger partial charge is 0.309 e. The minimum absolute atomic E-state index is 0.0278. The molecule has 2 aromatic rings. The van der Waals surface area contributed by atoms with Gasteiger partial charge in [-0.15, -0.1) is 0 Å². The van der Waals surface area contributed by atoms with Gasteiger partial charge >= 0.3 is 5.91 Å². The zero-order valence-corrected chi connectivity index (χ0v) is 15.0. The molecule has 2 aliphatic heterocycles. The van der Waals surface area contributed by atoms with Gasteiger partial charge in [-0.05, 0) is 12.1 Å². The maximum Gasteiger partial charge on any atom is 0.309 e. The zero-order valence-electron chi connectivity index (χ0n) is 15.0. The summed E-state index contributed by atoms with van der Waals surface area (Å²) in [5, 5.41) is 0. The minimum Gasteiger partial charge on any atom is -0.437 e. The number of hydrogen-bond acceptors (Lipinski definition) is 4. The summed E-state index contributed by atoms with van der Waals surface area (Å²) in [5.74, 6) is -4.01. The standard InChI is InChI=1S/C19H18F3N3O3/c20-13-4-2-1-3-12(13)17(26)25-8-5-15-14(11-25)23-16(28-15)18(27)24-9-6-19(21,22)7-10-24/h1-4H,5-11H2. The molecule has 3 heterocycles. The Kier molecular flexibility index (Phi) is 4.60. The normalized spacial score (nSPS) is 18.7. The van der Waals surface area contributed by atoms with Crippen LogP contribution in [0.5, 0.6) is 0 Å². The van der Waals surface area contributed by atoms with Crippen LogP contribution in [0.15, 0.2) is 28.7 Å². The SMILES string of the molecule is O=C(c1nc2c(o1)CCN(C(=O)c1ccccc1F)C2)N1CCC(F)(F)CC1. The number of amides is 2. The van der Waals surface area contributed by atoms with Crippen LogP contribution in [0.1, 0.15) is 45.3 Å². The molecule has 9 heteroatoms. The molecule has 148 valence electrons. The third-order valence-corrected chi connectivity index (χ3v) is 5.08. The van der Waals surface area contributed by atoms with Crippen LogP contribution in [-0.4, -0.2) is 52.2 Å². The van der Waals surface area contributed by atoms with Crippen molar-refractivity contribution in [2.24, 2.45) is 0 Å². The highest BCUT2D eigenvalue weighted by Crippen LogP contribution is 2.29. The highest BCUT2D eigenvalue weighted by atomic mass is 19.3. The highest BCUT2D eigenvalue weighted by molar-refractivity contribution is 5.94. The van der Waals surface area contributed by atoms with Crippen molar-refractivity contribution in [3.8, 4) is 0 Å². The summed E-state index contributed by atoms with van der Waals surface area (Å²) in [6, 6.07) is 5.72. The summed E-state index contributed by atoms with van der Waals surface area (Å²) in [7, 11) is 0. The first-order chi connectivity index (χ1) is 13.3. The number of likely N-dealkylation sites (tertiary alicyclic amines) is 1. The van der Waals surface area contributed by atoms with Gasteiger partial charge in [-0.2, -0.15) is 0 Å². The number of aromatic nitrogens is 1. The van der Waals surface area contributed by atoms with Crippen LogP contribution in [0.2, 0.25) is 0 Å². The van der Waals surface area contributed by atoms with Crippen molar-refractivity contribution in [2.75, 3.05) is 19.6 Å². The van der Waals surface area contributed by atoms with E-state index in [1.54, 1.807) is 6.07 Å². The van der Waals surface area contributed by atoms with Crippen LogP contribution in [0.25, 0.3) is 0 Å². The molecule has 2 aliphatic rings. The third-order valence-electron chi connectivity index (χ3n) is 5.08. The third kappa shape index (κ3) is 3.48. The lowest BCUT2D eigenvalue weighted by Gasteiger charge is -2.30. The topological polar surface area (TPSA) is 66.7 Å². The Morgan fingerprint density at radius 2 is 1.75 bits per heavy atom. The zero-order chi connectivity index (χ0) is 19.9. The Morgan fingerprint density at radius 1 is 1.04 bits per heavy atom. The second kappa shape index (κ2) is 6.96. The molecular formula is C19H18F3N3O3. The van der Waals surface area contributed by atoms with Gasteiger partial charge in [-0.25, -0.2) is 18.2 Å². The van der Waals surface area contributed by atoms with E-state index < -0.39 is 23.6 Å². The van der Waals surface area contributed by atoms with E-state index in [0.29, 0.717) is 24.4 Å². The average Bonchev–Trinajstić information content (AvgIpc) is 3.10. The van der Waals surface area contributed by atoms with E-state index in [4.69, 9.17) is 4.42 Å². The number of carbonyl (C=O) groups is 2. The number of piperidine rings is 1. The molecule has 0 spiro atoms. The lowest BCUT2D eigenvalue weighted by Crippen LogP contribution is -2.42. The monoisotopic (exact) mass is 393 g/mol. The van der Waals surface area contributed by atoms with E-state index in [1.165, 1.54) is 28.0 Å². The van der Waals surface area contributed by atoms with Gasteiger partial charge in [0.25, 0.3) is 17.7 Å². The fourth-order valence-corrected chi connectivity index (χ4v) is 3.44.